The van der Waals surface area contributed by atoms with Crippen LogP contribution in [0.4, 0.5) is 11.4 Å². The number of anilines is 2. The van der Waals surface area contributed by atoms with Crippen LogP contribution in [-0.4, -0.2) is 81.5 Å². The number of hydrogen-bond donors (Lipinski definition) is 1. The minimum absolute atomic E-state index is 0.0774. The Balaban J connectivity index is 1.31. The quantitative estimate of drug-likeness (QED) is 0.323. The number of aliphatic hydroxyl groups excluding tert-OH is 1. The van der Waals surface area contributed by atoms with Crippen molar-refractivity contribution in [3.63, 3.8) is 0 Å². The highest BCUT2D eigenvalue weighted by atomic mass is 32.2. The van der Waals surface area contributed by atoms with Crippen LogP contribution in [0.5, 0.6) is 0 Å². The van der Waals surface area contributed by atoms with Crippen molar-refractivity contribution in [2.75, 3.05) is 42.6 Å². The first kappa shape index (κ1) is 32.2. The molecule has 8 nitrogen and oxygen atoms in total. The molecule has 2 fully saturated rings. The number of thioether (sulfide) groups is 1. The van der Waals surface area contributed by atoms with Gasteiger partial charge in [0.2, 0.25) is 11.8 Å². The van der Waals surface area contributed by atoms with Crippen LogP contribution in [0.1, 0.15) is 31.0 Å². The van der Waals surface area contributed by atoms with Gasteiger partial charge < -0.3 is 24.7 Å². The van der Waals surface area contributed by atoms with Crippen LogP contribution in [0.2, 0.25) is 0 Å². The Bertz CT molecular complexity index is 1710. The first-order chi connectivity index (χ1) is 23.4. The van der Waals surface area contributed by atoms with E-state index in [0.29, 0.717) is 19.6 Å². The number of benzene rings is 3. The minimum atomic E-state index is -0.989. The summed E-state index contributed by atoms with van der Waals surface area (Å²) in [4.78, 5) is 52.0. The molecule has 4 heterocycles. The van der Waals surface area contributed by atoms with Gasteiger partial charge in [-0.2, -0.15) is 0 Å². The molecule has 1 N–H and O–H groups in total. The molecule has 3 aromatic carbocycles. The van der Waals surface area contributed by atoms with Gasteiger partial charge >= 0.3 is 0 Å². The van der Waals surface area contributed by atoms with Crippen molar-refractivity contribution in [3.05, 3.63) is 120 Å². The Kier molecular flexibility index (Phi) is 8.92. The molecule has 2 saturated heterocycles. The first-order valence-corrected chi connectivity index (χ1v) is 17.8. The second kappa shape index (κ2) is 13.3. The fourth-order valence-corrected chi connectivity index (χ4v) is 10.1. The molecule has 3 aromatic rings. The van der Waals surface area contributed by atoms with E-state index < -0.39 is 28.7 Å². The molecule has 4 aliphatic rings. The predicted octanol–water partition coefficient (Wildman–Crippen LogP) is 5.07. The highest BCUT2D eigenvalue weighted by Gasteiger charge is 2.72. The van der Waals surface area contributed by atoms with Gasteiger partial charge in [-0.25, -0.2) is 0 Å². The molecule has 48 heavy (non-hydrogen) atoms. The fraction of sp³-hybridized carbons (Fsp3) is 0.359. The molecule has 1 spiro atoms. The number of likely N-dealkylation sites (tertiary alicyclic amines) is 1. The Morgan fingerprint density at radius 1 is 0.854 bits per heavy atom. The molecule has 7 rings (SSSR count). The molecule has 0 aliphatic carbocycles. The summed E-state index contributed by atoms with van der Waals surface area (Å²) in [5.74, 6) is -1.96. The Labute approximate surface area is 286 Å². The van der Waals surface area contributed by atoms with E-state index in [4.69, 9.17) is 0 Å². The standard InChI is InChI=1S/C39H42N4O4S/c1-3-40(4-2)29-18-20-30(21-19-29)42-24-12-22-39-34(37(46)43(35(39)38(42)47)31(26-44)28-15-9-6-10-16-28)33-32(48-39)17-11-23-41(36(33)45)25-27-13-7-5-8-14-27/h5-22,31-35,44H,3-4,23-26H2,1-2H3/t31-,32-,33+,34+,35?,39+/m1/s1. The number of nitrogens with zero attached hydrogens (tertiary/aromatic N) is 4. The maximum atomic E-state index is 15.0. The molecular formula is C39H42N4O4S. The highest BCUT2D eigenvalue weighted by Crippen LogP contribution is 2.62. The molecule has 0 bridgehead atoms. The predicted molar refractivity (Wildman–Crippen MR) is 190 cm³/mol. The highest BCUT2D eigenvalue weighted by molar-refractivity contribution is 8.02. The zero-order valence-corrected chi connectivity index (χ0v) is 28.2. The number of carbonyl (C=O) groups excluding carboxylic acids is 3. The molecule has 1 unspecified atom stereocenters. The summed E-state index contributed by atoms with van der Waals surface area (Å²) in [6, 6.07) is 25.6. The number of aliphatic hydroxyl groups is 1. The average molecular weight is 663 g/mol. The maximum absolute atomic E-state index is 15.0. The van der Waals surface area contributed by atoms with Crippen molar-refractivity contribution < 1.29 is 19.5 Å². The monoisotopic (exact) mass is 662 g/mol. The maximum Gasteiger partial charge on any atom is 0.251 e. The van der Waals surface area contributed by atoms with E-state index in [9.17, 15) is 14.7 Å². The van der Waals surface area contributed by atoms with Crippen molar-refractivity contribution in [3.8, 4) is 0 Å². The lowest BCUT2D eigenvalue weighted by atomic mass is 9.78. The van der Waals surface area contributed by atoms with Crippen LogP contribution < -0.4 is 9.80 Å². The van der Waals surface area contributed by atoms with Gasteiger partial charge in [0.05, 0.1) is 29.2 Å². The van der Waals surface area contributed by atoms with Crippen molar-refractivity contribution in [2.24, 2.45) is 11.8 Å². The van der Waals surface area contributed by atoms with Crippen LogP contribution in [0.25, 0.3) is 0 Å². The van der Waals surface area contributed by atoms with Crippen molar-refractivity contribution in [2.45, 2.75) is 42.5 Å². The molecule has 248 valence electrons. The summed E-state index contributed by atoms with van der Waals surface area (Å²) in [5.41, 5.74) is 3.60. The Morgan fingerprint density at radius 3 is 2.21 bits per heavy atom. The lowest BCUT2D eigenvalue weighted by Crippen LogP contribution is -2.54. The zero-order chi connectivity index (χ0) is 33.4. The van der Waals surface area contributed by atoms with E-state index >= 15 is 4.79 Å². The van der Waals surface area contributed by atoms with E-state index in [0.717, 1.165) is 35.6 Å². The number of fused-ring (bicyclic) bond motifs is 2. The molecule has 0 aromatic heterocycles. The van der Waals surface area contributed by atoms with Gasteiger partial charge in [0.1, 0.15) is 6.04 Å². The fourth-order valence-electron chi connectivity index (χ4n) is 8.10. The van der Waals surface area contributed by atoms with Gasteiger partial charge in [-0.1, -0.05) is 85.0 Å². The second-order valence-corrected chi connectivity index (χ2v) is 14.4. The summed E-state index contributed by atoms with van der Waals surface area (Å²) < 4.78 is -0.989. The van der Waals surface area contributed by atoms with Gasteiger partial charge in [0, 0.05) is 49.3 Å². The van der Waals surface area contributed by atoms with Crippen LogP contribution in [0.15, 0.2) is 109 Å². The number of hydrogen-bond acceptors (Lipinski definition) is 6. The lowest BCUT2D eigenvalue weighted by Gasteiger charge is -2.38. The van der Waals surface area contributed by atoms with Gasteiger partial charge in [0.25, 0.3) is 5.91 Å². The molecule has 6 atom stereocenters. The van der Waals surface area contributed by atoms with E-state index in [1.165, 1.54) is 0 Å². The van der Waals surface area contributed by atoms with Crippen LogP contribution in [0.3, 0.4) is 0 Å². The summed E-state index contributed by atoms with van der Waals surface area (Å²) >= 11 is 1.56. The average Bonchev–Trinajstić information content (AvgIpc) is 3.44. The second-order valence-electron chi connectivity index (χ2n) is 12.9. The molecule has 9 heteroatoms. The van der Waals surface area contributed by atoms with Gasteiger partial charge in [0.15, 0.2) is 0 Å². The third-order valence-electron chi connectivity index (χ3n) is 10.4. The largest absolute Gasteiger partial charge is 0.394 e. The molecule has 0 radical (unpaired) electrons. The summed E-state index contributed by atoms with van der Waals surface area (Å²) in [5, 5.41) is 10.6. The summed E-state index contributed by atoms with van der Waals surface area (Å²) in [6.45, 7) is 6.87. The number of rotatable bonds is 9. The van der Waals surface area contributed by atoms with Crippen LogP contribution in [0, 0.1) is 11.8 Å². The van der Waals surface area contributed by atoms with Crippen LogP contribution >= 0.6 is 11.8 Å². The minimum Gasteiger partial charge on any atom is -0.394 e. The summed E-state index contributed by atoms with van der Waals surface area (Å²) in [7, 11) is 0. The third-order valence-corrected chi connectivity index (χ3v) is 12.1. The molecule has 4 aliphatic heterocycles. The molecule has 3 amide bonds. The van der Waals surface area contributed by atoms with Gasteiger partial charge in [-0.15, -0.1) is 11.8 Å². The topological polar surface area (TPSA) is 84.4 Å². The number of carbonyl (C=O) groups is 3. The SMILES string of the molecule is CCN(CC)c1ccc(N2CC=C[C@]34S[C@@H]5C=CCN(Cc6ccccc6)C(=O)[C@@H]5[C@H]3C(=O)N([C@H](CO)c3ccccc3)C4C2=O)cc1. The smallest absolute Gasteiger partial charge is 0.251 e. The third kappa shape index (κ3) is 5.33. The molecular weight excluding hydrogens is 621 g/mol. The van der Waals surface area contributed by atoms with E-state index in [1.54, 1.807) is 21.6 Å². The zero-order valence-electron chi connectivity index (χ0n) is 27.4. The van der Waals surface area contributed by atoms with E-state index in [1.807, 2.05) is 108 Å². The van der Waals surface area contributed by atoms with Crippen molar-refractivity contribution >= 4 is 40.9 Å². The lowest BCUT2D eigenvalue weighted by molar-refractivity contribution is -0.145. The van der Waals surface area contributed by atoms with E-state index in [2.05, 4.69) is 24.8 Å². The molecule has 0 saturated carbocycles. The van der Waals surface area contributed by atoms with Crippen LogP contribution in [-0.2, 0) is 20.9 Å². The summed E-state index contributed by atoms with van der Waals surface area (Å²) in [6.07, 6.45) is 8.11. The first-order valence-electron chi connectivity index (χ1n) is 16.9. The normalized spacial score (nSPS) is 27.0. The Hall–Kier alpha value is -4.34. The Morgan fingerprint density at radius 2 is 1.54 bits per heavy atom. The van der Waals surface area contributed by atoms with Crippen molar-refractivity contribution in [1.82, 2.24) is 9.80 Å². The number of amides is 3. The van der Waals surface area contributed by atoms with Gasteiger partial charge in [-0.05, 0) is 49.2 Å². The van der Waals surface area contributed by atoms with Gasteiger partial charge in [-0.3, -0.25) is 14.4 Å². The van der Waals surface area contributed by atoms with Crippen molar-refractivity contribution in [1.29, 1.82) is 0 Å². The van der Waals surface area contributed by atoms with E-state index in [-0.39, 0.29) is 29.6 Å².